The lowest BCUT2D eigenvalue weighted by Gasteiger charge is -2.20. The lowest BCUT2D eigenvalue weighted by Crippen LogP contribution is -2.31. The fourth-order valence-corrected chi connectivity index (χ4v) is 5.64. The largest absolute Gasteiger partial charge is 0.283 e. The van der Waals surface area contributed by atoms with Gasteiger partial charge in [0.05, 0.1) is 27.4 Å². The van der Waals surface area contributed by atoms with Crippen LogP contribution in [0.2, 0.25) is 0 Å². The number of hydrogen-bond acceptors (Lipinski definition) is 6. The van der Waals surface area contributed by atoms with Gasteiger partial charge in [0, 0.05) is 11.2 Å². The lowest BCUT2D eigenvalue weighted by molar-refractivity contribution is -0.116. The van der Waals surface area contributed by atoms with Crippen LogP contribution in [0.15, 0.2) is 82.6 Å². The van der Waals surface area contributed by atoms with Gasteiger partial charge >= 0.3 is 0 Å². The molecule has 164 valence electrons. The van der Waals surface area contributed by atoms with Crippen LogP contribution in [0.5, 0.6) is 0 Å². The summed E-state index contributed by atoms with van der Waals surface area (Å²) < 4.78 is 24.6. The first-order valence-electron chi connectivity index (χ1n) is 9.94. The Labute approximate surface area is 196 Å². The summed E-state index contributed by atoms with van der Waals surface area (Å²) in [5, 5.41) is 0.559. The quantitative estimate of drug-likeness (QED) is 0.333. The Hall–Kier alpha value is -2.68. The second kappa shape index (κ2) is 9.44. The van der Waals surface area contributed by atoms with Crippen LogP contribution in [0.25, 0.3) is 10.2 Å². The molecule has 0 saturated heterocycles. The van der Waals surface area contributed by atoms with E-state index in [1.165, 1.54) is 34.9 Å². The van der Waals surface area contributed by atoms with Crippen molar-refractivity contribution in [3.05, 3.63) is 83.9 Å². The van der Waals surface area contributed by atoms with E-state index in [2.05, 4.69) is 4.98 Å². The number of thiazole rings is 1. The van der Waals surface area contributed by atoms with Crippen LogP contribution < -0.4 is 4.90 Å². The van der Waals surface area contributed by atoms with E-state index in [1.54, 1.807) is 23.1 Å². The smallest absolute Gasteiger partial charge is 0.239 e. The molecule has 0 N–H and O–H groups in total. The van der Waals surface area contributed by atoms with Crippen molar-refractivity contribution in [2.24, 2.45) is 0 Å². The highest BCUT2D eigenvalue weighted by Gasteiger charge is 2.21. The van der Waals surface area contributed by atoms with Crippen LogP contribution in [-0.4, -0.2) is 31.3 Å². The molecule has 4 aromatic rings. The summed E-state index contributed by atoms with van der Waals surface area (Å²) >= 11 is 2.82. The van der Waals surface area contributed by atoms with Crippen LogP contribution in [-0.2, 0) is 21.2 Å². The summed E-state index contributed by atoms with van der Waals surface area (Å²) in [7, 11) is -3.32. The molecule has 1 aromatic heterocycles. The Morgan fingerprint density at radius 1 is 1.03 bits per heavy atom. The van der Waals surface area contributed by atoms with Gasteiger partial charge in [-0.15, -0.1) is 11.8 Å². The molecule has 0 spiro atoms. The van der Waals surface area contributed by atoms with Gasteiger partial charge in [-0.2, -0.15) is 0 Å². The number of thioether (sulfide) groups is 1. The topological polar surface area (TPSA) is 67.3 Å². The summed E-state index contributed by atoms with van der Waals surface area (Å²) in [4.78, 5) is 20.9. The molecule has 3 aromatic carbocycles. The molecular weight excluding hydrogens is 460 g/mol. The minimum atomic E-state index is -3.32. The van der Waals surface area contributed by atoms with Crippen molar-refractivity contribution in [3.63, 3.8) is 0 Å². The first-order chi connectivity index (χ1) is 15.3. The monoisotopic (exact) mass is 482 g/mol. The number of amides is 1. The predicted molar refractivity (Wildman–Crippen MR) is 132 cm³/mol. The average molecular weight is 483 g/mol. The molecule has 0 unspecified atom stereocenters. The molecule has 0 radical (unpaired) electrons. The maximum atomic E-state index is 13.3. The van der Waals surface area contributed by atoms with Crippen molar-refractivity contribution >= 4 is 54.2 Å². The summed E-state index contributed by atoms with van der Waals surface area (Å²) in [6.07, 6.45) is 1.18. The number of benzene rings is 3. The third-order valence-electron chi connectivity index (χ3n) is 4.88. The van der Waals surface area contributed by atoms with Crippen molar-refractivity contribution in [1.82, 2.24) is 4.98 Å². The maximum absolute atomic E-state index is 13.3. The van der Waals surface area contributed by atoms with E-state index in [0.717, 1.165) is 15.2 Å². The minimum Gasteiger partial charge on any atom is -0.283 e. The molecule has 0 atom stereocenters. The summed E-state index contributed by atoms with van der Waals surface area (Å²) in [6, 6.07) is 22.7. The van der Waals surface area contributed by atoms with E-state index < -0.39 is 9.84 Å². The van der Waals surface area contributed by atoms with E-state index in [0.29, 0.717) is 17.2 Å². The molecule has 0 saturated carbocycles. The summed E-state index contributed by atoms with van der Waals surface area (Å²) in [6.45, 7) is 2.43. The van der Waals surface area contributed by atoms with E-state index in [-0.39, 0.29) is 16.6 Å². The maximum Gasteiger partial charge on any atom is 0.239 e. The highest BCUT2D eigenvalue weighted by atomic mass is 32.2. The fraction of sp³-hybridized carbons (Fsp3) is 0.167. The second-order valence-corrected chi connectivity index (χ2v) is 11.5. The van der Waals surface area contributed by atoms with Gasteiger partial charge in [0.1, 0.15) is 0 Å². The third-order valence-corrected chi connectivity index (χ3v) is 8.02. The van der Waals surface area contributed by atoms with Gasteiger partial charge in [-0.25, -0.2) is 13.4 Å². The third kappa shape index (κ3) is 5.38. The Bertz CT molecular complexity index is 1350. The standard InChI is InChI=1S/C24H22N2O3S3/c1-17-8-10-19(11-9-17)30-16-23(27)26(15-18-6-4-3-5-7-18)24-25-21-13-12-20(32(2,28)29)14-22(21)31-24/h3-14H,15-16H2,1-2H3. The number of aryl methyl sites for hydroxylation is 1. The van der Waals surface area contributed by atoms with Gasteiger partial charge < -0.3 is 0 Å². The molecular formula is C24H22N2O3S3. The van der Waals surface area contributed by atoms with Crippen molar-refractivity contribution in [1.29, 1.82) is 0 Å². The molecule has 0 aliphatic rings. The zero-order valence-corrected chi connectivity index (χ0v) is 20.1. The van der Waals surface area contributed by atoms with Gasteiger partial charge in [-0.3, -0.25) is 9.69 Å². The first-order valence-corrected chi connectivity index (χ1v) is 13.6. The molecule has 5 nitrogen and oxygen atoms in total. The molecule has 4 rings (SSSR count). The molecule has 1 amide bonds. The van der Waals surface area contributed by atoms with E-state index in [4.69, 9.17) is 0 Å². The van der Waals surface area contributed by atoms with Gasteiger partial charge in [0.25, 0.3) is 0 Å². The average Bonchev–Trinajstić information content (AvgIpc) is 3.20. The fourth-order valence-electron chi connectivity index (χ4n) is 3.12. The first kappa shape index (κ1) is 22.5. The number of rotatable bonds is 7. The highest BCUT2D eigenvalue weighted by Crippen LogP contribution is 2.32. The van der Waals surface area contributed by atoms with Gasteiger partial charge in [-0.1, -0.05) is 59.4 Å². The van der Waals surface area contributed by atoms with E-state index in [9.17, 15) is 13.2 Å². The van der Waals surface area contributed by atoms with Gasteiger partial charge in [0.15, 0.2) is 15.0 Å². The number of hydrogen-bond donors (Lipinski definition) is 0. The number of aromatic nitrogens is 1. The van der Waals surface area contributed by atoms with Crippen molar-refractivity contribution < 1.29 is 13.2 Å². The molecule has 32 heavy (non-hydrogen) atoms. The number of carbonyl (C=O) groups is 1. The molecule has 8 heteroatoms. The van der Waals surface area contributed by atoms with Crippen LogP contribution in [0.3, 0.4) is 0 Å². The molecule has 0 aliphatic heterocycles. The summed E-state index contributed by atoms with van der Waals surface area (Å²) in [5.74, 6) is 0.224. The number of carbonyl (C=O) groups excluding carboxylic acids is 1. The zero-order valence-electron chi connectivity index (χ0n) is 17.7. The number of nitrogens with zero attached hydrogens (tertiary/aromatic N) is 2. The van der Waals surface area contributed by atoms with Crippen LogP contribution in [0.4, 0.5) is 5.13 Å². The van der Waals surface area contributed by atoms with Crippen molar-refractivity contribution in [2.45, 2.75) is 23.3 Å². The lowest BCUT2D eigenvalue weighted by atomic mass is 10.2. The highest BCUT2D eigenvalue weighted by molar-refractivity contribution is 8.00. The van der Waals surface area contributed by atoms with Crippen LogP contribution >= 0.6 is 23.1 Å². The molecule has 0 aliphatic carbocycles. The number of fused-ring (bicyclic) bond motifs is 1. The Morgan fingerprint density at radius 2 is 1.75 bits per heavy atom. The minimum absolute atomic E-state index is 0.0539. The van der Waals surface area contributed by atoms with Gasteiger partial charge in [-0.05, 0) is 42.8 Å². The molecule has 0 bridgehead atoms. The number of sulfone groups is 1. The van der Waals surface area contributed by atoms with E-state index >= 15 is 0 Å². The Morgan fingerprint density at radius 3 is 2.44 bits per heavy atom. The zero-order chi connectivity index (χ0) is 22.7. The predicted octanol–water partition coefficient (Wildman–Crippen LogP) is 5.33. The van der Waals surface area contributed by atoms with Crippen molar-refractivity contribution in [3.8, 4) is 0 Å². The molecule has 0 fully saturated rings. The Balaban J connectivity index is 1.64. The molecule has 1 heterocycles. The van der Waals surface area contributed by atoms with Crippen LogP contribution in [0, 0.1) is 6.92 Å². The Kier molecular flexibility index (Phi) is 6.64. The van der Waals surface area contributed by atoms with Crippen molar-refractivity contribution in [2.75, 3.05) is 16.9 Å². The number of anilines is 1. The van der Waals surface area contributed by atoms with Crippen LogP contribution in [0.1, 0.15) is 11.1 Å². The van der Waals surface area contributed by atoms with E-state index in [1.807, 2.05) is 61.5 Å². The summed E-state index contributed by atoms with van der Waals surface area (Å²) in [5.41, 5.74) is 2.85. The van der Waals surface area contributed by atoms with Gasteiger partial charge in [0.2, 0.25) is 5.91 Å². The normalized spacial score (nSPS) is 11.6. The second-order valence-electron chi connectivity index (χ2n) is 7.47. The SMILES string of the molecule is Cc1ccc(SCC(=O)N(Cc2ccccc2)c2nc3ccc(S(C)(=O)=O)cc3s2)cc1.